The molecule has 0 heterocycles. The molecule has 0 unspecified atom stereocenters. The van der Waals surface area contributed by atoms with Crippen LogP contribution in [0.15, 0.2) is 72.8 Å². The Labute approximate surface area is 198 Å². The van der Waals surface area contributed by atoms with Gasteiger partial charge in [-0.1, -0.05) is 131 Å². The van der Waals surface area contributed by atoms with Gasteiger partial charge in [0.1, 0.15) is 0 Å². The van der Waals surface area contributed by atoms with Crippen LogP contribution >= 0.6 is 0 Å². The van der Waals surface area contributed by atoms with Gasteiger partial charge < -0.3 is 0 Å². The second-order valence-corrected chi connectivity index (χ2v) is 9.27. The highest BCUT2D eigenvalue weighted by atomic mass is 15.1. The van der Waals surface area contributed by atoms with E-state index in [9.17, 15) is 0 Å². The first-order chi connectivity index (χ1) is 15.9. The van der Waals surface area contributed by atoms with E-state index in [4.69, 9.17) is 0 Å². The lowest BCUT2D eigenvalue weighted by Gasteiger charge is -2.22. The smallest absolute Gasteiger partial charge is 0.0237 e. The average molecular weight is 434 g/mol. The molecule has 0 bridgehead atoms. The van der Waals surface area contributed by atoms with Crippen LogP contribution in [0.1, 0.15) is 102 Å². The summed E-state index contributed by atoms with van der Waals surface area (Å²) in [5.41, 5.74) is 2.82. The van der Waals surface area contributed by atoms with Crippen LogP contribution in [0.3, 0.4) is 0 Å². The third-order valence-electron chi connectivity index (χ3n) is 6.23. The molecule has 0 aliphatic rings. The van der Waals surface area contributed by atoms with Crippen LogP contribution in [0.4, 0.5) is 0 Å². The van der Waals surface area contributed by atoms with E-state index in [1.807, 2.05) is 0 Å². The summed E-state index contributed by atoms with van der Waals surface area (Å²) in [4.78, 5) is 2.60. The average Bonchev–Trinajstić information content (AvgIpc) is 2.83. The Morgan fingerprint density at radius 3 is 1.47 bits per heavy atom. The minimum Gasteiger partial charge on any atom is -0.295 e. The van der Waals surface area contributed by atoms with Gasteiger partial charge in [0.05, 0.1) is 0 Å². The number of unbranched alkanes of at least 4 members (excludes halogenated alkanes) is 11. The van der Waals surface area contributed by atoms with Crippen LogP contribution in [0, 0.1) is 0 Å². The van der Waals surface area contributed by atoms with Crippen LogP contribution in [0.5, 0.6) is 0 Å². The van der Waals surface area contributed by atoms with Crippen LogP contribution in [0.2, 0.25) is 0 Å². The third kappa shape index (κ3) is 13.5. The van der Waals surface area contributed by atoms with E-state index >= 15 is 0 Å². The fourth-order valence-corrected chi connectivity index (χ4v) is 4.30. The maximum atomic E-state index is 2.60. The summed E-state index contributed by atoms with van der Waals surface area (Å²) in [7, 11) is 0. The molecule has 0 saturated heterocycles. The first-order valence-electron chi connectivity index (χ1n) is 13.3. The van der Waals surface area contributed by atoms with Crippen molar-refractivity contribution in [2.24, 2.45) is 0 Å². The fraction of sp³-hybridized carbons (Fsp3) is 0.548. The first kappa shape index (κ1) is 26.4. The van der Waals surface area contributed by atoms with Gasteiger partial charge in [-0.15, -0.1) is 0 Å². The third-order valence-corrected chi connectivity index (χ3v) is 6.23. The van der Waals surface area contributed by atoms with Gasteiger partial charge in [0, 0.05) is 13.1 Å². The molecular weight excluding hydrogens is 386 g/mol. The molecule has 0 aromatic heterocycles. The molecule has 2 aromatic rings. The summed E-state index contributed by atoms with van der Waals surface area (Å²) in [5, 5.41) is 0. The molecule has 0 atom stereocenters. The van der Waals surface area contributed by atoms with Gasteiger partial charge in [-0.25, -0.2) is 0 Å². The summed E-state index contributed by atoms with van der Waals surface area (Å²) in [6.45, 7) is 5.55. The Bertz CT molecular complexity index is 635. The molecule has 0 saturated carbocycles. The number of allylic oxidation sites excluding steroid dienone is 2. The minimum atomic E-state index is 1.04. The van der Waals surface area contributed by atoms with Crippen LogP contribution < -0.4 is 0 Å². The van der Waals surface area contributed by atoms with Crippen molar-refractivity contribution in [3.63, 3.8) is 0 Å². The highest BCUT2D eigenvalue weighted by Crippen LogP contribution is 2.13. The predicted molar refractivity (Wildman–Crippen MR) is 142 cm³/mol. The Morgan fingerprint density at radius 1 is 0.531 bits per heavy atom. The molecule has 0 amide bonds. The zero-order valence-corrected chi connectivity index (χ0v) is 20.7. The molecule has 176 valence electrons. The maximum Gasteiger partial charge on any atom is 0.0237 e. The van der Waals surface area contributed by atoms with E-state index in [1.54, 1.807) is 0 Å². The van der Waals surface area contributed by atoms with Gasteiger partial charge in [-0.3, -0.25) is 4.90 Å². The molecule has 2 rings (SSSR count). The number of benzene rings is 2. The van der Waals surface area contributed by atoms with Gasteiger partial charge >= 0.3 is 0 Å². The monoisotopic (exact) mass is 433 g/mol. The van der Waals surface area contributed by atoms with Crippen molar-refractivity contribution < 1.29 is 0 Å². The molecule has 0 radical (unpaired) electrons. The normalized spacial score (nSPS) is 11.6. The number of rotatable bonds is 19. The molecule has 2 aromatic carbocycles. The van der Waals surface area contributed by atoms with E-state index in [2.05, 4.69) is 84.6 Å². The molecule has 32 heavy (non-hydrogen) atoms. The Balaban J connectivity index is 1.53. The van der Waals surface area contributed by atoms with Gasteiger partial charge in [0.25, 0.3) is 0 Å². The molecule has 1 nitrogen and oxygen atoms in total. The SMILES string of the molecule is CCCCCCCCC/C=C/CCCCCCN(Cc1ccccc1)Cc1ccccc1. The summed E-state index contributed by atoms with van der Waals surface area (Å²) >= 11 is 0. The topological polar surface area (TPSA) is 3.24 Å². The van der Waals surface area contributed by atoms with Crippen molar-refractivity contribution in [3.05, 3.63) is 83.9 Å². The Hall–Kier alpha value is -1.86. The first-order valence-corrected chi connectivity index (χ1v) is 13.3. The fourth-order valence-electron chi connectivity index (χ4n) is 4.30. The summed E-state index contributed by atoms with van der Waals surface area (Å²) in [6, 6.07) is 21.8. The number of hydrogen-bond donors (Lipinski definition) is 0. The summed E-state index contributed by atoms with van der Waals surface area (Å²) in [5.74, 6) is 0. The van der Waals surface area contributed by atoms with Gasteiger partial charge in [-0.05, 0) is 49.8 Å². The zero-order chi connectivity index (χ0) is 22.5. The van der Waals surface area contributed by atoms with E-state index in [0.29, 0.717) is 0 Å². The Morgan fingerprint density at radius 2 is 0.969 bits per heavy atom. The number of hydrogen-bond acceptors (Lipinski definition) is 1. The molecule has 0 spiro atoms. The Kier molecular flexibility index (Phi) is 15.4. The van der Waals surface area contributed by atoms with E-state index in [-0.39, 0.29) is 0 Å². The molecule has 0 aliphatic carbocycles. The minimum absolute atomic E-state index is 1.04. The van der Waals surface area contributed by atoms with E-state index in [1.165, 1.54) is 101 Å². The van der Waals surface area contributed by atoms with Crippen molar-refractivity contribution in [1.29, 1.82) is 0 Å². The van der Waals surface area contributed by atoms with Crippen molar-refractivity contribution in [2.45, 2.75) is 103 Å². The standard InChI is InChI=1S/C31H47N/c1-2-3-4-5-6-7-8-9-10-11-12-13-14-15-22-27-32(28-30-23-18-16-19-24-30)29-31-25-20-17-21-26-31/h10-11,16-21,23-26H,2-9,12-15,22,27-29H2,1H3/b11-10+. The quantitative estimate of drug-likeness (QED) is 0.157. The summed E-state index contributed by atoms with van der Waals surface area (Å²) < 4.78 is 0. The lowest BCUT2D eigenvalue weighted by molar-refractivity contribution is 0.250. The van der Waals surface area contributed by atoms with Crippen molar-refractivity contribution in [1.82, 2.24) is 4.90 Å². The molecule has 1 heteroatoms. The summed E-state index contributed by atoms with van der Waals surface area (Å²) in [6.07, 6.45) is 22.6. The van der Waals surface area contributed by atoms with E-state index < -0.39 is 0 Å². The van der Waals surface area contributed by atoms with Crippen molar-refractivity contribution in [2.75, 3.05) is 6.54 Å². The van der Waals surface area contributed by atoms with Crippen molar-refractivity contribution >= 4 is 0 Å². The van der Waals surface area contributed by atoms with Gasteiger partial charge in [0.15, 0.2) is 0 Å². The van der Waals surface area contributed by atoms with Crippen LogP contribution in [-0.4, -0.2) is 11.4 Å². The van der Waals surface area contributed by atoms with Crippen LogP contribution in [0.25, 0.3) is 0 Å². The predicted octanol–water partition coefficient (Wildman–Crippen LogP) is 9.34. The second-order valence-electron chi connectivity index (χ2n) is 9.27. The van der Waals surface area contributed by atoms with Crippen LogP contribution in [-0.2, 0) is 13.1 Å². The van der Waals surface area contributed by atoms with E-state index in [0.717, 1.165) is 13.1 Å². The van der Waals surface area contributed by atoms with Crippen molar-refractivity contribution in [3.8, 4) is 0 Å². The highest BCUT2D eigenvalue weighted by molar-refractivity contribution is 5.17. The number of nitrogens with zero attached hydrogens (tertiary/aromatic N) is 1. The van der Waals surface area contributed by atoms with Gasteiger partial charge in [-0.2, -0.15) is 0 Å². The molecule has 0 aliphatic heterocycles. The second kappa shape index (κ2) is 18.7. The van der Waals surface area contributed by atoms with Gasteiger partial charge in [0.2, 0.25) is 0 Å². The largest absolute Gasteiger partial charge is 0.295 e. The molecule has 0 N–H and O–H groups in total. The molecule has 0 fully saturated rings. The lowest BCUT2D eigenvalue weighted by Crippen LogP contribution is -2.24. The lowest BCUT2D eigenvalue weighted by atomic mass is 10.1. The maximum absolute atomic E-state index is 2.60. The zero-order valence-electron chi connectivity index (χ0n) is 20.7. The molecular formula is C31H47N. The highest BCUT2D eigenvalue weighted by Gasteiger charge is 2.07.